The molecular formula is C18H24ClN3O4. The molecule has 3 atom stereocenters. The molecule has 3 rings (SSSR count). The molecule has 1 saturated heterocycles. The number of ether oxygens (including phenoxy) is 1. The van der Waals surface area contributed by atoms with Gasteiger partial charge in [-0.05, 0) is 43.4 Å². The molecule has 2 N–H and O–H groups in total. The smallest absolute Gasteiger partial charge is 0.322 e. The molecule has 1 aliphatic heterocycles. The summed E-state index contributed by atoms with van der Waals surface area (Å²) < 4.78 is 5.41. The Bertz CT molecular complexity index is 697. The molecule has 0 radical (unpaired) electrons. The number of hydrogen-bond acceptors (Lipinski definition) is 4. The van der Waals surface area contributed by atoms with Crippen LogP contribution in [0.5, 0.6) is 5.75 Å². The van der Waals surface area contributed by atoms with Crippen LogP contribution in [0.25, 0.3) is 0 Å². The average Bonchev–Trinajstić information content (AvgIpc) is 3.17. The molecule has 26 heavy (non-hydrogen) atoms. The summed E-state index contributed by atoms with van der Waals surface area (Å²) in [6.45, 7) is 0.549. The monoisotopic (exact) mass is 381 g/mol. The molecule has 0 aromatic heterocycles. The quantitative estimate of drug-likeness (QED) is 0.837. The summed E-state index contributed by atoms with van der Waals surface area (Å²) in [7, 11) is 3.30. The van der Waals surface area contributed by atoms with E-state index in [1.165, 1.54) is 4.90 Å². The van der Waals surface area contributed by atoms with Crippen LogP contribution < -0.4 is 10.1 Å². The Labute approximate surface area is 157 Å². The van der Waals surface area contributed by atoms with Gasteiger partial charge in [0, 0.05) is 26.3 Å². The maximum Gasteiger partial charge on any atom is 0.322 e. The fourth-order valence-electron chi connectivity index (χ4n) is 3.67. The third-order valence-electron chi connectivity index (χ3n) is 5.11. The van der Waals surface area contributed by atoms with Crippen molar-refractivity contribution in [1.29, 1.82) is 0 Å². The van der Waals surface area contributed by atoms with Gasteiger partial charge in [-0.3, -0.25) is 4.79 Å². The molecule has 8 heteroatoms. The molecule has 7 nitrogen and oxygen atoms in total. The van der Waals surface area contributed by atoms with Gasteiger partial charge in [0.1, 0.15) is 5.75 Å². The maximum absolute atomic E-state index is 12.6. The minimum absolute atomic E-state index is 0.0925. The number of halogens is 1. The second kappa shape index (κ2) is 7.72. The van der Waals surface area contributed by atoms with E-state index in [1.54, 1.807) is 37.2 Å². The number of hydrogen-bond donors (Lipinski definition) is 2. The topological polar surface area (TPSA) is 82.1 Å². The van der Waals surface area contributed by atoms with E-state index < -0.39 is 6.10 Å². The van der Waals surface area contributed by atoms with Crippen LogP contribution in [0.3, 0.4) is 0 Å². The maximum atomic E-state index is 12.6. The lowest BCUT2D eigenvalue weighted by atomic mass is 10.0. The average molecular weight is 382 g/mol. The molecule has 1 saturated carbocycles. The molecule has 1 aromatic carbocycles. The van der Waals surface area contributed by atoms with Crippen LogP contribution in [0.15, 0.2) is 18.2 Å². The summed E-state index contributed by atoms with van der Waals surface area (Å²) in [6.07, 6.45) is 2.21. The molecule has 2 fully saturated rings. The number of aliphatic hydroxyl groups is 1. The highest BCUT2D eigenvalue weighted by molar-refractivity contribution is 6.32. The molecule has 142 valence electrons. The van der Waals surface area contributed by atoms with Gasteiger partial charge in [0.2, 0.25) is 0 Å². The van der Waals surface area contributed by atoms with Gasteiger partial charge in [-0.25, -0.2) is 4.79 Å². The summed E-state index contributed by atoms with van der Waals surface area (Å²) in [4.78, 5) is 27.3. The van der Waals surface area contributed by atoms with Gasteiger partial charge < -0.3 is 25.0 Å². The first-order chi connectivity index (χ1) is 12.4. The van der Waals surface area contributed by atoms with Gasteiger partial charge in [0.25, 0.3) is 5.91 Å². The van der Waals surface area contributed by atoms with E-state index in [-0.39, 0.29) is 24.6 Å². The number of likely N-dealkylation sites (N-methyl/N-ethyl adjacent to an activating group) is 1. The van der Waals surface area contributed by atoms with Crippen molar-refractivity contribution in [2.45, 2.75) is 31.4 Å². The van der Waals surface area contributed by atoms with Crippen molar-refractivity contribution in [2.75, 3.05) is 32.6 Å². The van der Waals surface area contributed by atoms with Crippen LogP contribution in [0.4, 0.5) is 10.5 Å². The number of aliphatic hydroxyl groups excluding tert-OH is 1. The van der Waals surface area contributed by atoms with Gasteiger partial charge in [-0.2, -0.15) is 0 Å². The summed E-state index contributed by atoms with van der Waals surface area (Å²) in [5.74, 6) is 0.605. The minimum Gasteiger partial charge on any atom is -0.482 e. The van der Waals surface area contributed by atoms with Crippen molar-refractivity contribution in [3.05, 3.63) is 23.2 Å². The van der Waals surface area contributed by atoms with Crippen molar-refractivity contribution in [3.8, 4) is 5.75 Å². The SMILES string of the molecule is CN(C)C(=O)COc1ccc(NC(=O)N2CC[C@@H]3CC[C@@H](O)[C@@H]32)cc1Cl. The van der Waals surface area contributed by atoms with Gasteiger partial charge in [0.05, 0.1) is 17.2 Å². The zero-order valence-corrected chi connectivity index (χ0v) is 15.7. The van der Waals surface area contributed by atoms with E-state index in [2.05, 4.69) is 5.32 Å². The number of likely N-dealkylation sites (tertiary alicyclic amines) is 1. The second-order valence-electron chi connectivity index (χ2n) is 7.03. The summed E-state index contributed by atoms with van der Waals surface area (Å²) in [5.41, 5.74) is 0.544. The van der Waals surface area contributed by atoms with Crippen LogP contribution in [0.2, 0.25) is 5.02 Å². The summed E-state index contributed by atoms with van der Waals surface area (Å²) in [5, 5.41) is 13.3. The van der Waals surface area contributed by atoms with Crippen LogP contribution in [-0.2, 0) is 4.79 Å². The van der Waals surface area contributed by atoms with Crippen molar-refractivity contribution >= 4 is 29.2 Å². The highest BCUT2D eigenvalue weighted by atomic mass is 35.5. The van der Waals surface area contributed by atoms with Crippen LogP contribution in [-0.4, -0.2) is 66.2 Å². The Balaban J connectivity index is 1.61. The Morgan fingerprint density at radius 3 is 2.81 bits per heavy atom. The van der Waals surface area contributed by atoms with Crippen LogP contribution in [0.1, 0.15) is 19.3 Å². The van der Waals surface area contributed by atoms with E-state index in [0.29, 0.717) is 28.9 Å². The zero-order chi connectivity index (χ0) is 18.8. The Morgan fingerprint density at radius 1 is 1.35 bits per heavy atom. The lowest BCUT2D eigenvalue weighted by molar-refractivity contribution is -0.130. The molecule has 1 aromatic rings. The zero-order valence-electron chi connectivity index (χ0n) is 14.9. The fourth-order valence-corrected chi connectivity index (χ4v) is 3.90. The number of nitrogens with one attached hydrogen (secondary N) is 1. The first-order valence-corrected chi connectivity index (χ1v) is 9.13. The molecule has 3 amide bonds. The number of carbonyl (C=O) groups excluding carboxylic acids is 2. The number of nitrogens with zero attached hydrogens (tertiary/aromatic N) is 2. The lowest BCUT2D eigenvalue weighted by Gasteiger charge is -2.27. The predicted octanol–water partition coefficient (Wildman–Crippen LogP) is 2.18. The lowest BCUT2D eigenvalue weighted by Crippen LogP contribution is -2.44. The second-order valence-corrected chi connectivity index (χ2v) is 7.44. The van der Waals surface area contributed by atoms with Crippen molar-refractivity contribution < 1.29 is 19.4 Å². The number of rotatable bonds is 4. The van der Waals surface area contributed by atoms with E-state index in [4.69, 9.17) is 16.3 Å². The van der Waals surface area contributed by atoms with Crippen molar-refractivity contribution in [2.24, 2.45) is 5.92 Å². The number of urea groups is 1. The Kier molecular flexibility index (Phi) is 5.58. The van der Waals surface area contributed by atoms with Crippen molar-refractivity contribution in [1.82, 2.24) is 9.80 Å². The number of fused-ring (bicyclic) bond motifs is 1. The molecule has 1 heterocycles. The number of amides is 3. The van der Waals surface area contributed by atoms with Gasteiger partial charge >= 0.3 is 6.03 Å². The van der Waals surface area contributed by atoms with E-state index in [1.807, 2.05) is 0 Å². The molecular weight excluding hydrogens is 358 g/mol. The van der Waals surface area contributed by atoms with Crippen LogP contribution in [0, 0.1) is 5.92 Å². The third kappa shape index (κ3) is 3.88. The van der Waals surface area contributed by atoms with Gasteiger partial charge in [-0.15, -0.1) is 0 Å². The summed E-state index contributed by atoms with van der Waals surface area (Å²) >= 11 is 6.19. The molecule has 0 bridgehead atoms. The van der Waals surface area contributed by atoms with Gasteiger partial charge in [-0.1, -0.05) is 11.6 Å². The molecule has 1 aliphatic carbocycles. The number of benzene rings is 1. The Hall–Kier alpha value is -1.99. The fraction of sp³-hybridized carbons (Fsp3) is 0.556. The first-order valence-electron chi connectivity index (χ1n) is 8.75. The van der Waals surface area contributed by atoms with E-state index in [0.717, 1.165) is 19.3 Å². The first kappa shape index (κ1) is 18.8. The molecule has 0 spiro atoms. The van der Waals surface area contributed by atoms with E-state index in [9.17, 15) is 14.7 Å². The highest BCUT2D eigenvalue weighted by Crippen LogP contribution is 2.38. The number of anilines is 1. The molecule has 0 unspecified atom stereocenters. The summed E-state index contributed by atoms with van der Waals surface area (Å²) in [6, 6.07) is 4.57. The van der Waals surface area contributed by atoms with Gasteiger partial charge in [0.15, 0.2) is 6.61 Å². The normalized spacial score (nSPS) is 24.3. The number of carbonyl (C=O) groups is 2. The highest BCUT2D eigenvalue weighted by Gasteiger charge is 2.45. The van der Waals surface area contributed by atoms with Crippen molar-refractivity contribution in [3.63, 3.8) is 0 Å². The largest absolute Gasteiger partial charge is 0.482 e. The minimum atomic E-state index is -0.443. The van der Waals surface area contributed by atoms with E-state index >= 15 is 0 Å². The predicted molar refractivity (Wildman–Crippen MR) is 98.5 cm³/mol. The van der Waals surface area contributed by atoms with Crippen LogP contribution >= 0.6 is 11.6 Å². The Morgan fingerprint density at radius 2 is 2.12 bits per heavy atom. The molecule has 2 aliphatic rings. The standard InChI is InChI=1S/C18H24ClN3O4/c1-21(2)16(24)10-26-15-6-4-12(9-13(15)19)20-18(25)22-8-7-11-3-5-14(23)17(11)22/h4,6,9,11,14,17,23H,3,5,7-8,10H2,1-2H3,(H,20,25)/t11-,14+,17+/m0/s1. The third-order valence-corrected chi connectivity index (χ3v) is 5.40.